The molecular weight excluding hydrogens is 310 g/mol. The van der Waals surface area contributed by atoms with Crippen molar-refractivity contribution in [3.8, 4) is 0 Å². The third kappa shape index (κ3) is 6.03. The van der Waals surface area contributed by atoms with E-state index in [1.807, 2.05) is 7.05 Å². The molecule has 4 nitrogen and oxygen atoms in total. The molecule has 0 unspecified atom stereocenters. The Kier molecular flexibility index (Phi) is 7.30. The van der Waals surface area contributed by atoms with Gasteiger partial charge in [0.15, 0.2) is 5.96 Å². The Morgan fingerprint density at radius 3 is 2.36 bits per heavy atom. The molecular formula is C21H35N3O. The first-order valence-electron chi connectivity index (χ1n) is 9.60. The van der Waals surface area contributed by atoms with Crippen LogP contribution in [0.25, 0.3) is 0 Å². The van der Waals surface area contributed by atoms with Gasteiger partial charge in [-0.2, -0.15) is 0 Å². The van der Waals surface area contributed by atoms with Crippen LogP contribution in [0.5, 0.6) is 0 Å². The lowest BCUT2D eigenvalue weighted by molar-refractivity contribution is 0.0264. The summed E-state index contributed by atoms with van der Waals surface area (Å²) >= 11 is 0. The molecule has 0 radical (unpaired) electrons. The van der Waals surface area contributed by atoms with Gasteiger partial charge in [0.1, 0.15) is 0 Å². The minimum atomic E-state index is 0.215. The molecule has 2 rings (SSSR count). The molecule has 1 aliphatic heterocycles. The maximum atomic E-state index is 5.73. The zero-order chi connectivity index (χ0) is 18.3. The average Bonchev–Trinajstić information content (AvgIpc) is 2.60. The predicted molar refractivity (Wildman–Crippen MR) is 106 cm³/mol. The third-order valence-corrected chi connectivity index (χ3v) is 4.87. The van der Waals surface area contributed by atoms with Gasteiger partial charge in [0.2, 0.25) is 0 Å². The Hall–Kier alpha value is -1.55. The Morgan fingerprint density at radius 1 is 1.20 bits per heavy atom. The van der Waals surface area contributed by atoms with Gasteiger partial charge in [-0.3, -0.25) is 4.99 Å². The first kappa shape index (κ1) is 19.8. The summed E-state index contributed by atoms with van der Waals surface area (Å²) in [5.41, 5.74) is 2.97. The number of ether oxygens (including phenoxy) is 1. The van der Waals surface area contributed by atoms with Gasteiger partial charge in [0.05, 0.1) is 6.10 Å². The van der Waals surface area contributed by atoms with E-state index in [-0.39, 0.29) is 5.41 Å². The number of hydrogen-bond acceptors (Lipinski definition) is 2. The largest absolute Gasteiger partial charge is 0.378 e. The molecule has 1 aromatic rings. The normalized spacial score (nSPS) is 17.0. The Labute approximate surface area is 153 Å². The van der Waals surface area contributed by atoms with Crippen LogP contribution in [-0.4, -0.2) is 50.3 Å². The Balaban J connectivity index is 1.78. The molecule has 0 bridgehead atoms. The molecule has 0 aliphatic carbocycles. The van der Waals surface area contributed by atoms with E-state index in [1.54, 1.807) is 0 Å². The summed E-state index contributed by atoms with van der Waals surface area (Å²) in [6.45, 7) is 12.6. The highest BCUT2D eigenvalue weighted by Gasteiger charge is 2.21. The number of aliphatic imine (C=N–C) groups is 1. The van der Waals surface area contributed by atoms with Crippen LogP contribution in [0, 0.1) is 0 Å². The number of piperidine rings is 1. The fourth-order valence-electron chi connectivity index (χ4n) is 3.29. The summed E-state index contributed by atoms with van der Waals surface area (Å²) < 4.78 is 5.73. The highest BCUT2D eigenvalue weighted by molar-refractivity contribution is 5.79. The standard InChI is InChI=1S/C21H35N3O/c1-6-25-19-12-15-24(16-13-19)20(22-5)23-14-11-17-7-9-18(10-8-17)21(2,3)4/h7-10,19H,6,11-16H2,1-5H3,(H,22,23). The van der Waals surface area contributed by atoms with Gasteiger partial charge >= 0.3 is 0 Å². The molecule has 1 aromatic carbocycles. The highest BCUT2D eigenvalue weighted by Crippen LogP contribution is 2.22. The van der Waals surface area contributed by atoms with Gasteiger partial charge in [-0.1, -0.05) is 45.0 Å². The minimum absolute atomic E-state index is 0.215. The molecule has 1 saturated heterocycles. The predicted octanol–water partition coefficient (Wildman–Crippen LogP) is 3.60. The number of nitrogens with one attached hydrogen (secondary N) is 1. The number of hydrogen-bond donors (Lipinski definition) is 1. The van der Waals surface area contributed by atoms with E-state index in [4.69, 9.17) is 4.74 Å². The first-order chi connectivity index (χ1) is 11.9. The van der Waals surface area contributed by atoms with E-state index in [0.29, 0.717) is 6.10 Å². The van der Waals surface area contributed by atoms with Crippen molar-refractivity contribution < 1.29 is 4.74 Å². The molecule has 140 valence electrons. The molecule has 0 atom stereocenters. The van der Waals surface area contributed by atoms with Crippen LogP contribution in [0.1, 0.15) is 51.7 Å². The van der Waals surface area contributed by atoms with Crippen molar-refractivity contribution in [3.63, 3.8) is 0 Å². The van der Waals surface area contributed by atoms with Crippen molar-refractivity contribution in [2.24, 2.45) is 4.99 Å². The lowest BCUT2D eigenvalue weighted by atomic mass is 9.86. The van der Waals surface area contributed by atoms with Gasteiger partial charge in [-0.15, -0.1) is 0 Å². The summed E-state index contributed by atoms with van der Waals surface area (Å²) in [7, 11) is 1.87. The molecule has 0 saturated carbocycles. The summed E-state index contributed by atoms with van der Waals surface area (Å²) in [6.07, 6.45) is 3.60. The molecule has 0 aromatic heterocycles. The first-order valence-corrected chi connectivity index (χ1v) is 9.60. The summed E-state index contributed by atoms with van der Waals surface area (Å²) in [5, 5.41) is 3.51. The van der Waals surface area contributed by atoms with Crippen LogP contribution in [0.4, 0.5) is 0 Å². The van der Waals surface area contributed by atoms with Gasteiger partial charge in [-0.05, 0) is 42.7 Å². The van der Waals surface area contributed by atoms with Crippen LogP contribution >= 0.6 is 0 Å². The van der Waals surface area contributed by atoms with Gasteiger partial charge in [0.25, 0.3) is 0 Å². The number of guanidine groups is 1. The minimum Gasteiger partial charge on any atom is -0.378 e. The smallest absolute Gasteiger partial charge is 0.193 e. The van der Waals surface area contributed by atoms with Crippen molar-refractivity contribution in [2.75, 3.05) is 33.3 Å². The van der Waals surface area contributed by atoms with Crippen LogP contribution in [0.2, 0.25) is 0 Å². The van der Waals surface area contributed by atoms with Crippen molar-refractivity contribution >= 4 is 5.96 Å². The number of likely N-dealkylation sites (tertiary alicyclic amines) is 1. The van der Waals surface area contributed by atoms with E-state index in [0.717, 1.165) is 51.5 Å². The van der Waals surface area contributed by atoms with Crippen LogP contribution in [0.15, 0.2) is 29.3 Å². The monoisotopic (exact) mass is 345 g/mol. The number of nitrogens with zero attached hydrogens (tertiary/aromatic N) is 2. The van der Waals surface area contributed by atoms with Gasteiger partial charge < -0.3 is 15.0 Å². The fraction of sp³-hybridized carbons (Fsp3) is 0.667. The van der Waals surface area contributed by atoms with E-state index < -0.39 is 0 Å². The van der Waals surface area contributed by atoms with E-state index in [9.17, 15) is 0 Å². The molecule has 0 spiro atoms. The average molecular weight is 346 g/mol. The molecule has 1 heterocycles. The maximum absolute atomic E-state index is 5.73. The topological polar surface area (TPSA) is 36.9 Å². The quantitative estimate of drug-likeness (QED) is 0.654. The number of benzene rings is 1. The zero-order valence-electron chi connectivity index (χ0n) is 16.6. The third-order valence-electron chi connectivity index (χ3n) is 4.87. The molecule has 0 amide bonds. The summed E-state index contributed by atoms with van der Waals surface area (Å²) in [4.78, 5) is 6.80. The van der Waals surface area contributed by atoms with E-state index in [1.165, 1.54) is 11.1 Å². The van der Waals surface area contributed by atoms with E-state index in [2.05, 4.69) is 67.2 Å². The SMILES string of the molecule is CCOC1CCN(C(=NC)NCCc2ccc(C(C)(C)C)cc2)CC1. The highest BCUT2D eigenvalue weighted by atomic mass is 16.5. The van der Waals surface area contributed by atoms with Crippen molar-refractivity contribution in [1.29, 1.82) is 0 Å². The van der Waals surface area contributed by atoms with Crippen molar-refractivity contribution in [2.45, 2.75) is 58.5 Å². The Bertz CT molecular complexity index is 537. The summed E-state index contributed by atoms with van der Waals surface area (Å²) in [6, 6.07) is 9.00. The second-order valence-electron chi connectivity index (χ2n) is 7.81. The molecule has 25 heavy (non-hydrogen) atoms. The zero-order valence-corrected chi connectivity index (χ0v) is 16.6. The second-order valence-corrected chi connectivity index (χ2v) is 7.81. The van der Waals surface area contributed by atoms with Crippen molar-refractivity contribution in [1.82, 2.24) is 10.2 Å². The second kappa shape index (κ2) is 9.23. The molecule has 1 fully saturated rings. The van der Waals surface area contributed by atoms with Crippen molar-refractivity contribution in [3.05, 3.63) is 35.4 Å². The Morgan fingerprint density at radius 2 is 1.84 bits per heavy atom. The van der Waals surface area contributed by atoms with Crippen LogP contribution in [-0.2, 0) is 16.6 Å². The van der Waals surface area contributed by atoms with Crippen LogP contribution < -0.4 is 5.32 Å². The molecule has 4 heteroatoms. The van der Waals surface area contributed by atoms with Crippen LogP contribution in [0.3, 0.4) is 0 Å². The molecule has 1 N–H and O–H groups in total. The number of rotatable bonds is 5. The van der Waals surface area contributed by atoms with E-state index >= 15 is 0 Å². The lowest BCUT2D eigenvalue weighted by Gasteiger charge is -2.34. The maximum Gasteiger partial charge on any atom is 0.193 e. The van der Waals surface area contributed by atoms with Gasteiger partial charge in [-0.25, -0.2) is 0 Å². The lowest BCUT2D eigenvalue weighted by Crippen LogP contribution is -2.47. The summed E-state index contributed by atoms with van der Waals surface area (Å²) in [5.74, 6) is 1.02. The molecule has 1 aliphatic rings. The fourth-order valence-corrected chi connectivity index (χ4v) is 3.29. The van der Waals surface area contributed by atoms with Gasteiger partial charge in [0, 0.05) is 33.3 Å².